The van der Waals surface area contributed by atoms with Crippen LogP contribution >= 0.6 is 0 Å². The minimum absolute atomic E-state index is 0.00293. The van der Waals surface area contributed by atoms with Gasteiger partial charge in [-0.05, 0) is 50.8 Å². The summed E-state index contributed by atoms with van der Waals surface area (Å²) in [6.45, 7) is 5.40. The Morgan fingerprint density at radius 3 is 2.64 bits per heavy atom. The van der Waals surface area contributed by atoms with Crippen molar-refractivity contribution < 1.29 is 13.3 Å². The second kappa shape index (κ2) is 8.24. The molecule has 1 aromatic heterocycles. The van der Waals surface area contributed by atoms with Crippen molar-refractivity contribution in [2.45, 2.75) is 31.6 Å². The lowest BCUT2D eigenvalue weighted by Gasteiger charge is -2.33. The lowest BCUT2D eigenvalue weighted by molar-refractivity contribution is -0.385. The highest BCUT2D eigenvalue weighted by atomic mass is 32.2. The molecular formula is C19H24N4O4S. The third kappa shape index (κ3) is 4.66. The van der Waals surface area contributed by atoms with E-state index in [0.29, 0.717) is 24.5 Å². The average molecular weight is 404 g/mol. The van der Waals surface area contributed by atoms with Crippen LogP contribution in [-0.2, 0) is 10.0 Å². The molecule has 0 radical (unpaired) electrons. The Labute approximate surface area is 164 Å². The molecule has 1 aromatic carbocycles. The highest BCUT2D eigenvalue weighted by Crippen LogP contribution is 2.25. The van der Waals surface area contributed by atoms with E-state index in [9.17, 15) is 18.5 Å². The first-order chi connectivity index (χ1) is 13.3. The van der Waals surface area contributed by atoms with Crippen LogP contribution in [0.25, 0.3) is 0 Å². The van der Waals surface area contributed by atoms with Crippen molar-refractivity contribution in [2.75, 3.05) is 24.5 Å². The van der Waals surface area contributed by atoms with Crippen LogP contribution < -0.4 is 9.62 Å². The van der Waals surface area contributed by atoms with E-state index < -0.39 is 14.9 Å². The lowest BCUT2D eigenvalue weighted by atomic mass is 9.98. The molecule has 0 amide bonds. The van der Waals surface area contributed by atoms with Crippen molar-refractivity contribution in [1.29, 1.82) is 0 Å². The van der Waals surface area contributed by atoms with Crippen LogP contribution in [0.4, 0.5) is 11.5 Å². The van der Waals surface area contributed by atoms with Gasteiger partial charge in [-0.25, -0.2) is 18.1 Å². The molecule has 1 aliphatic heterocycles. The van der Waals surface area contributed by atoms with Gasteiger partial charge in [0, 0.05) is 25.2 Å². The van der Waals surface area contributed by atoms with Gasteiger partial charge in [-0.1, -0.05) is 17.7 Å². The molecule has 9 heteroatoms. The molecular weight excluding hydrogens is 380 g/mol. The maximum atomic E-state index is 12.5. The highest BCUT2D eigenvalue weighted by molar-refractivity contribution is 7.89. The normalized spacial score (nSPS) is 17.5. The minimum Gasteiger partial charge on any atom is -0.356 e. The van der Waals surface area contributed by atoms with Crippen molar-refractivity contribution in [3.05, 3.63) is 57.8 Å². The highest BCUT2D eigenvalue weighted by Gasteiger charge is 2.24. The Morgan fingerprint density at radius 2 is 2.00 bits per heavy atom. The fourth-order valence-corrected chi connectivity index (χ4v) is 4.48. The van der Waals surface area contributed by atoms with Gasteiger partial charge in [-0.3, -0.25) is 10.1 Å². The van der Waals surface area contributed by atoms with Crippen LogP contribution in [-0.4, -0.2) is 38.0 Å². The van der Waals surface area contributed by atoms with Crippen LogP contribution in [0.5, 0.6) is 0 Å². The number of anilines is 1. The number of aryl methyl sites for hydroxylation is 2. The van der Waals surface area contributed by atoms with Gasteiger partial charge in [0.25, 0.3) is 5.69 Å². The largest absolute Gasteiger partial charge is 0.356 e. The number of hydrogen-bond donors (Lipinski definition) is 1. The molecule has 0 spiro atoms. The Morgan fingerprint density at radius 1 is 1.29 bits per heavy atom. The van der Waals surface area contributed by atoms with Gasteiger partial charge in [-0.15, -0.1) is 0 Å². The molecule has 1 saturated heterocycles. The fraction of sp³-hybridized carbons (Fsp3) is 0.421. The summed E-state index contributed by atoms with van der Waals surface area (Å²) in [6.07, 6.45) is 3.11. The molecule has 0 bridgehead atoms. The summed E-state index contributed by atoms with van der Waals surface area (Å²) < 4.78 is 27.7. The van der Waals surface area contributed by atoms with Gasteiger partial charge >= 0.3 is 0 Å². The third-order valence-corrected chi connectivity index (χ3v) is 6.44. The van der Waals surface area contributed by atoms with E-state index in [1.165, 1.54) is 6.20 Å². The molecule has 2 aromatic rings. The second-order valence-electron chi connectivity index (χ2n) is 7.21. The van der Waals surface area contributed by atoms with Gasteiger partial charge in [0.15, 0.2) is 0 Å². The summed E-state index contributed by atoms with van der Waals surface area (Å²) in [7, 11) is -3.54. The zero-order valence-corrected chi connectivity index (χ0v) is 16.8. The molecule has 1 aliphatic rings. The van der Waals surface area contributed by atoms with Crippen molar-refractivity contribution in [3.8, 4) is 0 Å². The number of pyridine rings is 1. The van der Waals surface area contributed by atoms with Gasteiger partial charge in [-0.2, -0.15) is 0 Å². The van der Waals surface area contributed by atoms with Crippen LogP contribution in [0.15, 0.2) is 41.4 Å². The number of nitro groups is 1. The van der Waals surface area contributed by atoms with Crippen molar-refractivity contribution in [3.63, 3.8) is 0 Å². The Balaban J connectivity index is 1.64. The zero-order chi connectivity index (χ0) is 20.3. The van der Waals surface area contributed by atoms with Crippen LogP contribution in [0.1, 0.15) is 24.0 Å². The first kappa shape index (κ1) is 20.2. The van der Waals surface area contributed by atoms with Crippen molar-refractivity contribution in [1.82, 2.24) is 9.71 Å². The fourth-order valence-electron chi connectivity index (χ4n) is 3.37. The first-order valence-corrected chi connectivity index (χ1v) is 10.7. The van der Waals surface area contributed by atoms with Gasteiger partial charge in [0.2, 0.25) is 10.0 Å². The monoisotopic (exact) mass is 404 g/mol. The Hall–Kier alpha value is -2.52. The molecule has 1 fully saturated rings. The predicted molar refractivity (Wildman–Crippen MR) is 107 cm³/mol. The number of piperidine rings is 1. The molecule has 0 saturated carbocycles. The third-order valence-electron chi connectivity index (χ3n) is 5.00. The van der Waals surface area contributed by atoms with E-state index in [1.807, 2.05) is 6.92 Å². The number of aromatic nitrogens is 1. The number of nitrogens with one attached hydrogen (secondary N) is 1. The molecule has 1 N–H and O–H groups in total. The van der Waals surface area contributed by atoms with Gasteiger partial charge in [0.1, 0.15) is 12.0 Å². The topological polar surface area (TPSA) is 105 Å². The summed E-state index contributed by atoms with van der Waals surface area (Å²) >= 11 is 0. The molecule has 28 heavy (non-hydrogen) atoms. The first-order valence-electron chi connectivity index (χ1n) is 9.18. The summed E-state index contributed by atoms with van der Waals surface area (Å²) in [6, 6.07) is 8.48. The SMILES string of the molecule is Cc1ccc(S(=O)(=O)NCC2CCCN(c3cc(C)c([N+](=O)[O-])cn3)C2)cc1. The smallest absolute Gasteiger partial charge is 0.290 e. The lowest BCUT2D eigenvalue weighted by Crippen LogP contribution is -2.41. The van der Waals surface area contributed by atoms with E-state index >= 15 is 0 Å². The van der Waals surface area contributed by atoms with E-state index in [0.717, 1.165) is 24.9 Å². The van der Waals surface area contributed by atoms with E-state index in [-0.39, 0.29) is 16.5 Å². The number of rotatable bonds is 6. The summed E-state index contributed by atoms with van der Waals surface area (Å²) in [5.41, 5.74) is 1.58. The van der Waals surface area contributed by atoms with Gasteiger partial charge < -0.3 is 4.90 Å². The molecule has 2 heterocycles. The molecule has 8 nitrogen and oxygen atoms in total. The number of benzene rings is 1. The van der Waals surface area contributed by atoms with E-state index in [2.05, 4.69) is 14.6 Å². The minimum atomic E-state index is -3.54. The summed E-state index contributed by atoms with van der Waals surface area (Å²) in [4.78, 5) is 17.1. The maximum absolute atomic E-state index is 12.5. The van der Waals surface area contributed by atoms with Crippen LogP contribution in [0.3, 0.4) is 0 Å². The number of sulfonamides is 1. The second-order valence-corrected chi connectivity index (χ2v) is 8.97. The summed E-state index contributed by atoms with van der Waals surface area (Å²) in [5, 5.41) is 11.0. The number of nitrogens with zero attached hydrogens (tertiary/aromatic N) is 3. The standard InChI is InChI=1S/C19H24N4O4S/c1-14-5-7-17(8-6-14)28(26,27)21-11-16-4-3-9-22(13-16)19-10-15(2)18(12-20-19)23(24)25/h5-8,10,12,16,21H,3-4,9,11,13H2,1-2H3. The summed E-state index contributed by atoms with van der Waals surface area (Å²) in [5.74, 6) is 0.834. The molecule has 150 valence electrons. The average Bonchev–Trinajstić information content (AvgIpc) is 2.67. The Kier molecular flexibility index (Phi) is 5.95. The molecule has 3 rings (SSSR count). The number of hydrogen-bond acceptors (Lipinski definition) is 6. The van der Waals surface area contributed by atoms with Crippen LogP contribution in [0, 0.1) is 29.9 Å². The molecule has 1 unspecified atom stereocenters. The molecule has 0 aliphatic carbocycles. The zero-order valence-electron chi connectivity index (χ0n) is 16.0. The van der Waals surface area contributed by atoms with Crippen molar-refractivity contribution >= 4 is 21.5 Å². The molecule has 1 atom stereocenters. The predicted octanol–water partition coefficient (Wildman–Crippen LogP) is 2.80. The van der Waals surface area contributed by atoms with E-state index in [1.54, 1.807) is 37.3 Å². The van der Waals surface area contributed by atoms with Gasteiger partial charge in [0.05, 0.1) is 9.82 Å². The Bertz CT molecular complexity index is 960. The van der Waals surface area contributed by atoms with E-state index in [4.69, 9.17) is 0 Å². The van der Waals surface area contributed by atoms with Crippen molar-refractivity contribution in [2.24, 2.45) is 5.92 Å². The van der Waals surface area contributed by atoms with Crippen LogP contribution in [0.2, 0.25) is 0 Å². The maximum Gasteiger partial charge on any atom is 0.290 e. The quantitative estimate of drug-likeness (QED) is 0.586.